The molecule has 1 saturated heterocycles. The lowest BCUT2D eigenvalue weighted by atomic mass is 9.96. The molecule has 0 saturated carbocycles. The maximum absolute atomic E-state index is 13.0. The van der Waals surface area contributed by atoms with Crippen molar-refractivity contribution in [3.05, 3.63) is 16.7 Å². The zero-order chi connectivity index (χ0) is 34.4. The molecule has 1 fully saturated rings. The fourth-order valence-electron chi connectivity index (χ4n) is 4.14. The lowest BCUT2D eigenvalue weighted by Gasteiger charge is -2.30. The van der Waals surface area contributed by atoms with Crippen LogP contribution in [0.1, 0.15) is 25.5 Å². The van der Waals surface area contributed by atoms with Gasteiger partial charge in [-0.25, -0.2) is 23.7 Å². The normalized spacial score (nSPS) is 21.9. The van der Waals surface area contributed by atoms with E-state index in [-0.39, 0.29) is 23.5 Å². The number of esters is 3. The summed E-state index contributed by atoms with van der Waals surface area (Å²) in [6.07, 6.45) is -6.06. The average Bonchev–Trinajstić information content (AvgIpc) is 3.57. The molecule has 2 aromatic rings. The first-order valence-corrected chi connectivity index (χ1v) is 15.6. The maximum atomic E-state index is 13.0. The largest absolute Gasteiger partial charge is 0.481 e. The molecule has 6 N–H and O–H groups in total. The third-order valence-corrected chi connectivity index (χ3v) is 8.18. The summed E-state index contributed by atoms with van der Waals surface area (Å²) in [5, 5.41) is 9.32. The van der Waals surface area contributed by atoms with Crippen LogP contribution in [0.25, 0.3) is 11.2 Å². The van der Waals surface area contributed by atoms with Crippen LogP contribution in [0.2, 0.25) is 0 Å². The number of aliphatic carboxylic acids is 1. The molecule has 46 heavy (non-hydrogen) atoms. The second-order valence-corrected chi connectivity index (χ2v) is 12.1. The number of carbonyl (C=O) groups is 4. The number of ether oxygens (including phenoxy) is 4. The van der Waals surface area contributed by atoms with Crippen molar-refractivity contribution in [2.75, 3.05) is 40.3 Å². The lowest BCUT2D eigenvalue weighted by Crippen LogP contribution is -2.46. The monoisotopic (exact) mass is 701 g/mol. The van der Waals surface area contributed by atoms with Crippen LogP contribution in [-0.2, 0) is 65.4 Å². The van der Waals surface area contributed by atoms with Crippen LogP contribution >= 0.6 is 15.6 Å². The fourth-order valence-corrected chi connectivity index (χ4v) is 6.07. The highest BCUT2D eigenvalue weighted by molar-refractivity contribution is 7.47. The van der Waals surface area contributed by atoms with Gasteiger partial charge in [-0.05, 0) is 0 Å². The number of nitrogen functional groups attached to an aromatic ring is 1. The third kappa shape index (κ3) is 9.15. The molecule has 6 atom stereocenters. The number of rotatable bonds is 16. The molecule has 3 heterocycles. The average molecular weight is 701 g/mol. The molecule has 0 spiro atoms. The number of phosphoric acid groups is 2. The first-order chi connectivity index (χ1) is 21.4. The molecule has 0 aliphatic carbocycles. The van der Waals surface area contributed by atoms with Gasteiger partial charge in [-0.2, -0.15) is 4.98 Å². The van der Waals surface area contributed by atoms with E-state index >= 15 is 0 Å². The molecule has 3 rings (SSSR count). The fraction of sp³-hybridized carbons (Fsp3) is 0.571. The molecule has 0 radical (unpaired) electrons. The van der Waals surface area contributed by atoms with Gasteiger partial charge in [-0.3, -0.25) is 42.0 Å². The van der Waals surface area contributed by atoms with Crippen molar-refractivity contribution in [3.8, 4) is 0 Å². The van der Waals surface area contributed by atoms with Crippen LogP contribution in [0.5, 0.6) is 0 Å². The van der Waals surface area contributed by atoms with Gasteiger partial charge >= 0.3 is 39.5 Å². The molecule has 25 heteroatoms. The summed E-state index contributed by atoms with van der Waals surface area (Å²) in [5.41, 5.74) is 1.76. The van der Waals surface area contributed by atoms with Crippen molar-refractivity contribution in [3.63, 3.8) is 0 Å². The van der Waals surface area contributed by atoms with Crippen LogP contribution in [0, 0.1) is 0 Å². The van der Waals surface area contributed by atoms with Crippen molar-refractivity contribution in [1.82, 2.24) is 19.5 Å². The van der Waals surface area contributed by atoms with E-state index in [2.05, 4.69) is 33.7 Å². The van der Waals surface area contributed by atoms with Gasteiger partial charge in [0.15, 0.2) is 23.4 Å². The molecule has 0 amide bonds. The summed E-state index contributed by atoms with van der Waals surface area (Å²) in [4.78, 5) is 90.5. The number of phosphoric ester groups is 2. The van der Waals surface area contributed by atoms with Crippen LogP contribution in [0.15, 0.2) is 11.1 Å². The number of nitrogens with zero attached hydrogens (tertiary/aromatic N) is 3. The topological polar surface area (TPSA) is 327 Å². The van der Waals surface area contributed by atoms with E-state index in [0.29, 0.717) is 0 Å². The molecular weight excluding hydrogens is 672 g/mol. The summed E-state index contributed by atoms with van der Waals surface area (Å²) >= 11 is 0. The van der Waals surface area contributed by atoms with Gasteiger partial charge < -0.3 is 39.6 Å². The van der Waals surface area contributed by atoms with E-state index in [9.17, 15) is 48.0 Å². The molecular formula is C21H29N5O18P2. The Kier molecular flexibility index (Phi) is 11.8. The van der Waals surface area contributed by atoms with Crippen molar-refractivity contribution in [2.45, 2.75) is 43.3 Å². The number of carbonyl (C=O) groups excluding carboxylic acids is 3. The summed E-state index contributed by atoms with van der Waals surface area (Å²) in [7, 11) is -7.90. The third-order valence-electron chi connectivity index (χ3n) is 6.13. The smallest absolute Gasteiger partial charge is 0.473 e. The first kappa shape index (κ1) is 36.7. The minimum atomic E-state index is -5.52. The predicted octanol–water partition coefficient (Wildman–Crippen LogP) is -1.25. The van der Waals surface area contributed by atoms with Gasteiger partial charge in [-0.15, -0.1) is 0 Å². The number of anilines is 1. The molecule has 0 aromatic carbocycles. The van der Waals surface area contributed by atoms with Crippen molar-refractivity contribution >= 4 is 56.6 Å². The Bertz CT molecular complexity index is 1630. The minimum Gasteiger partial charge on any atom is -0.481 e. The van der Waals surface area contributed by atoms with Gasteiger partial charge in [-0.1, -0.05) is 0 Å². The Morgan fingerprint density at radius 1 is 1.09 bits per heavy atom. The number of aromatic nitrogens is 4. The van der Waals surface area contributed by atoms with Gasteiger partial charge in [0.05, 0.1) is 47.1 Å². The maximum Gasteiger partial charge on any atom is 0.473 e. The van der Waals surface area contributed by atoms with E-state index in [4.69, 9.17) is 24.0 Å². The van der Waals surface area contributed by atoms with Crippen LogP contribution in [-0.4, -0.2) is 111 Å². The predicted molar refractivity (Wildman–Crippen MR) is 144 cm³/mol. The van der Waals surface area contributed by atoms with Gasteiger partial charge in [0.2, 0.25) is 5.95 Å². The Morgan fingerprint density at radius 3 is 2.37 bits per heavy atom. The summed E-state index contributed by atoms with van der Waals surface area (Å²) < 4.78 is 65.4. The molecule has 2 aromatic heterocycles. The zero-order valence-electron chi connectivity index (χ0n) is 24.1. The molecule has 256 valence electrons. The standard InChI is InChI=1S/C21H29N5O18P2/c1-37-14(29)6-21(5-13(27)28,19(32)39-3)44-46(35,36)40-7-11-10(43-45(33,34)41-8-15(30)38-2)4-12(42-11)26-9-23-16-17(26)24-20(22)25-18(16)31/h9-12H,4-8H2,1-3H3,(H,27,28)(H,33,34)(H,35,36)(H3,22,24,25,31). The Morgan fingerprint density at radius 2 is 1.76 bits per heavy atom. The van der Waals surface area contributed by atoms with Crippen molar-refractivity contribution in [1.29, 1.82) is 0 Å². The van der Waals surface area contributed by atoms with Crippen LogP contribution in [0.4, 0.5) is 5.95 Å². The second kappa shape index (κ2) is 14.8. The number of H-pyrrole nitrogens is 1. The van der Waals surface area contributed by atoms with Crippen LogP contribution < -0.4 is 11.3 Å². The van der Waals surface area contributed by atoms with E-state index in [1.165, 1.54) is 4.57 Å². The number of imidazole rings is 1. The molecule has 1 aliphatic heterocycles. The number of nitrogens with one attached hydrogen (secondary N) is 1. The van der Waals surface area contributed by atoms with Gasteiger partial charge in [0.1, 0.15) is 18.4 Å². The number of fused-ring (bicyclic) bond motifs is 1. The second-order valence-electron chi connectivity index (χ2n) is 9.27. The van der Waals surface area contributed by atoms with E-state index in [0.717, 1.165) is 27.7 Å². The lowest BCUT2D eigenvalue weighted by molar-refractivity contribution is -0.172. The zero-order valence-corrected chi connectivity index (χ0v) is 25.9. The quantitative estimate of drug-likeness (QED) is 0.0775. The SMILES string of the molecule is COC(=O)COP(=O)(O)OC1CC(n2cnc3c(=O)[nH]c(N)nc32)OC1COP(=O)(O)OC(CC(=O)O)(CC(=O)OC)C(=O)OC. The number of nitrogens with two attached hydrogens (primary N) is 1. The van der Waals surface area contributed by atoms with Crippen LogP contribution in [0.3, 0.4) is 0 Å². The highest BCUT2D eigenvalue weighted by atomic mass is 31.2. The van der Waals surface area contributed by atoms with Crippen molar-refractivity contribution in [2.24, 2.45) is 0 Å². The summed E-state index contributed by atoms with van der Waals surface area (Å²) in [6.45, 7) is -2.02. The number of aromatic amines is 1. The summed E-state index contributed by atoms with van der Waals surface area (Å²) in [5.74, 6) is -5.81. The number of hydrogen-bond donors (Lipinski definition) is 5. The molecule has 6 unspecified atom stereocenters. The highest BCUT2D eigenvalue weighted by Crippen LogP contribution is 2.52. The van der Waals surface area contributed by atoms with E-state index in [1.807, 2.05) is 0 Å². The highest BCUT2D eigenvalue weighted by Gasteiger charge is 2.52. The Hall–Kier alpha value is -3.79. The van der Waals surface area contributed by atoms with Crippen molar-refractivity contribution < 1.29 is 80.2 Å². The minimum absolute atomic E-state index is 0.0869. The Labute approximate surface area is 257 Å². The van der Waals surface area contributed by atoms with E-state index in [1.54, 1.807) is 0 Å². The summed E-state index contributed by atoms with van der Waals surface area (Å²) in [6, 6.07) is 0. The Balaban J connectivity index is 1.90. The number of carboxylic acid groups (broad SMARTS) is 1. The number of methoxy groups -OCH3 is 3. The van der Waals surface area contributed by atoms with Gasteiger partial charge in [0, 0.05) is 6.42 Å². The number of hydrogen-bond acceptors (Lipinski definition) is 18. The van der Waals surface area contributed by atoms with Gasteiger partial charge in [0.25, 0.3) is 5.56 Å². The molecule has 23 nitrogen and oxygen atoms in total. The molecule has 0 bridgehead atoms. The van der Waals surface area contributed by atoms with E-state index < -0.39 is 95.2 Å². The number of carboxylic acids is 1. The molecule has 1 aliphatic rings. The first-order valence-electron chi connectivity index (χ1n) is 12.6.